The Labute approximate surface area is 466 Å². The highest BCUT2D eigenvalue weighted by molar-refractivity contribution is 5.84. The van der Waals surface area contributed by atoms with Gasteiger partial charge in [0.1, 0.15) is 36.5 Å². The van der Waals surface area contributed by atoms with E-state index in [-0.39, 0.29) is 75.5 Å². The zero-order chi connectivity index (χ0) is 55.9. The first-order chi connectivity index (χ1) is 36.9. The van der Waals surface area contributed by atoms with Gasteiger partial charge in [0.2, 0.25) is 0 Å². The normalized spacial score (nSPS) is 48.0. The van der Waals surface area contributed by atoms with Crippen molar-refractivity contribution >= 4 is 12.1 Å². The first-order valence-electron chi connectivity index (χ1n) is 30.2. The van der Waals surface area contributed by atoms with Crippen molar-refractivity contribution in [1.82, 2.24) is 0 Å². The van der Waals surface area contributed by atoms with Crippen LogP contribution in [0.3, 0.4) is 0 Å². The summed E-state index contributed by atoms with van der Waals surface area (Å²) in [6.45, 7) is 27.5. The third-order valence-corrected chi connectivity index (χ3v) is 23.6. The highest BCUT2D eigenvalue weighted by Crippen LogP contribution is 2.76. The fourth-order valence-corrected chi connectivity index (χ4v) is 17.8. The van der Waals surface area contributed by atoms with Gasteiger partial charge >= 0.3 is 0 Å². The zero-order valence-electron chi connectivity index (χ0n) is 49.1. The van der Waals surface area contributed by atoms with Crippen molar-refractivity contribution in [2.24, 2.45) is 79.8 Å². The largest absolute Gasteiger partial charge is 0.392 e. The Bertz CT molecular complexity index is 2450. The van der Waals surface area contributed by atoms with Crippen LogP contribution >= 0.6 is 0 Å². The van der Waals surface area contributed by atoms with Crippen LogP contribution < -0.4 is 0 Å². The second-order valence-electron chi connectivity index (χ2n) is 28.3. The van der Waals surface area contributed by atoms with Crippen LogP contribution in [0.5, 0.6) is 0 Å². The van der Waals surface area contributed by atoms with Crippen molar-refractivity contribution in [2.75, 3.05) is 13.2 Å². The molecule has 11 unspecified atom stereocenters. The van der Waals surface area contributed by atoms with Crippen LogP contribution in [0.4, 0.5) is 0 Å². The van der Waals surface area contributed by atoms with Crippen LogP contribution in [0.15, 0.2) is 72.3 Å². The van der Waals surface area contributed by atoms with Gasteiger partial charge in [-0.1, -0.05) is 148 Å². The van der Waals surface area contributed by atoms with Crippen LogP contribution in [-0.2, 0) is 55.8 Å². The monoisotopic (exact) mass is 1080 g/mol. The minimum atomic E-state index is -1.21. The maximum absolute atomic E-state index is 14.3. The second kappa shape index (κ2) is 22.0. The maximum atomic E-state index is 14.3. The molecule has 2 aromatic carbocycles. The number of ether oxygens (including phenoxy) is 7. The predicted octanol–water partition coefficient (Wildman–Crippen LogP) is 10.9. The summed E-state index contributed by atoms with van der Waals surface area (Å²) in [5.41, 5.74) is 0.937. The van der Waals surface area contributed by atoms with Gasteiger partial charge < -0.3 is 53.3 Å². The molecule has 0 amide bonds. The average molecular weight is 1080 g/mol. The van der Waals surface area contributed by atoms with E-state index in [1.807, 2.05) is 67.6 Å². The first-order valence-corrected chi connectivity index (χ1v) is 30.2. The number of hydrogen-bond donors (Lipinski definition) is 3. The third kappa shape index (κ3) is 9.89. The molecule has 78 heavy (non-hydrogen) atoms. The fourth-order valence-electron chi connectivity index (χ4n) is 17.8. The van der Waals surface area contributed by atoms with Crippen molar-refractivity contribution in [3.05, 3.63) is 83.4 Å². The molecule has 0 bridgehead atoms. The van der Waals surface area contributed by atoms with Gasteiger partial charge in [-0.05, 0) is 139 Å². The number of aliphatic hydroxyl groups excluding tert-OH is 3. The Kier molecular flexibility index (Phi) is 16.5. The topological polar surface area (TPSA) is 159 Å². The maximum Gasteiger partial charge on any atom is 0.187 e. The number of aldehydes is 1. The number of carbonyl (C=O) groups is 2. The molecule has 3 aliphatic heterocycles. The molecule has 3 N–H and O–H groups in total. The molecule has 12 heteroatoms. The van der Waals surface area contributed by atoms with E-state index in [1.165, 1.54) is 5.57 Å². The molecule has 7 fully saturated rings. The Morgan fingerprint density at radius 3 is 2.04 bits per heavy atom. The van der Waals surface area contributed by atoms with Gasteiger partial charge in [-0.3, -0.25) is 4.79 Å². The van der Waals surface area contributed by atoms with E-state index in [0.29, 0.717) is 44.8 Å². The smallest absolute Gasteiger partial charge is 0.187 e. The van der Waals surface area contributed by atoms with Crippen LogP contribution in [0.25, 0.3) is 0 Å². The Balaban J connectivity index is 0.978. The summed E-state index contributed by atoms with van der Waals surface area (Å²) < 4.78 is 48.2. The lowest BCUT2D eigenvalue weighted by molar-refractivity contribution is -0.387. The van der Waals surface area contributed by atoms with E-state index < -0.39 is 78.5 Å². The molecule has 12 nitrogen and oxygen atoms in total. The Hall–Kier alpha value is -2.88. The summed E-state index contributed by atoms with van der Waals surface area (Å²) in [5, 5.41) is 37.3. The van der Waals surface area contributed by atoms with E-state index in [9.17, 15) is 24.9 Å². The summed E-state index contributed by atoms with van der Waals surface area (Å²) in [4.78, 5) is 28.2. The molecule has 0 radical (unpaired) electrons. The number of ketones is 1. The van der Waals surface area contributed by atoms with E-state index in [0.717, 1.165) is 55.9 Å². The summed E-state index contributed by atoms with van der Waals surface area (Å²) in [6.07, 6.45) is 0.924. The lowest BCUT2D eigenvalue weighted by Gasteiger charge is -2.71. The van der Waals surface area contributed by atoms with Crippen molar-refractivity contribution < 1.29 is 58.1 Å². The van der Waals surface area contributed by atoms with Crippen molar-refractivity contribution in [2.45, 2.75) is 222 Å². The van der Waals surface area contributed by atoms with E-state index in [2.05, 4.69) is 75.3 Å². The number of benzene rings is 2. The molecule has 8 aliphatic rings. The van der Waals surface area contributed by atoms with E-state index in [1.54, 1.807) is 6.92 Å². The van der Waals surface area contributed by atoms with Crippen LogP contribution in [0.2, 0.25) is 0 Å². The molecule has 4 saturated carbocycles. The summed E-state index contributed by atoms with van der Waals surface area (Å²) in [6, 6.07) is 20.0. The van der Waals surface area contributed by atoms with Crippen LogP contribution in [0, 0.1) is 79.8 Å². The molecule has 3 heterocycles. The molecule has 5 aliphatic carbocycles. The average Bonchev–Trinajstić information content (AvgIpc) is 3.50. The molecule has 10 rings (SSSR count). The lowest BCUT2D eigenvalue weighted by Crippen LogP contribution is -2.68. The molecule has 2 aromatic rings. The second-order valence-corrected chi connectivity index (χ2v) is 28.3. The molecule has 432 valence electrons. The molecule has 0 aromatic heterocycles. The standard InChI is InChI=1S/C66H96O12/c1-38-34-73-58(42(5)39(38)2)77-56-55(71)48(31-44-19-15-13-16-20-44)74-60(57(56)78-59-54(70)41(4)40(3)49(75-59)36-72-35-45-21-17-14-18-22-45)76-53-26-27-62(9)50(63(53,10)37-67)25-28-64(11)51(62)24-23-46-47-32-61(7,8)29-30-66(47,43(6)68)52(69)33-65(46,64)12/h13-23,37-42,47-60,69-71H,24-36H2,1-12H3/t38-,39-,40+,41-,42?,47?,48?,49?,50+,51?,52?,53-,54?,55-,56-,57?,58-,59-,60-,62?,63+,64?,65?,66+/m0/s1. The van der Waals surface area contributed by atoms with Gasteiger partial charge in [0, 0.05) is 12.3 Å². The highest BCUT2D eigenvalue weighted by Gasteiger charge is 2.71. The van der Waals surface area contributed by atoms with Gasteiger partial charge in [-0.2, -0.15) is 0 Å². The fraction of sp³-hybridized carbons (Fsp3) is 0.758. The van der Waals surface area contributed by atoms with Gasteiger partial charge in [0.25, 0.3) is 0 Å². The SMILES string of the molecule is CC(=O)[C@]12CCC(C)(C)CC1C1=CCC3C4(C)CC[C@H](O[C@@H]5OC(Cc6ccccc6)[C@H](O)[C@H](O[C@@H]6OC[C@H](C)[C@H](C)C6C)C5O[C@@H]5OC(COCc6ccccc6)[C@H](C)[C@H](C)C5O)[C@](C)(C=O)[C@@H]4CCC3(C)C1(C)CC2O. The van der Waals surface area contributed by atoms with Crippen molar-refractivity contribution in [3.63, 3.8) is 0 Å². The number of Topliss-reactive ketones (excluding diaryl/α,β-unsaturated/α-hetero) is 1. The Morgan fingerprint density at radius 2 is 1.36 bits per heavy atom. The van der Waals surface area contributed by atoms with Crippen LogP contribution in [-0.4, -0.2) is 108 Å². The minimum absolute atomic E-state index is 0.00618. The van der Waals surface area contributed by atoms with Gasteiger partial charge in [-0.25, -0.2) is 0 Å². The van der Waals surface area contributed by atoms with Crippen molar-refractivity contribution in [3.8, 4) is 0 Å². The summed E-state index contributed by atoms with van der Waals surface area (Å²) >= 11 is 0. The quantitative estimate of drug-likeness (QED) is 0.0935. The molecule has 3 saturated heterocycles. The number of aliphatic hydroxyl groups is 3. The van der Waals surface area contributed by atoms with Gasteiger partial charge in [0.05, 0.1) is 55.1 Å². The van der Waals surface area contributed by atoms with E-state index >= 15 is 0 Å². The number of allylic oxidation sites excluding steroid dienone is 2. The highest BCUT2D eigenvalue weighted by atomic mass is 16.8. The molecular weight excluding hydrogens is 985 g/mol. The van der Waals surface area contributed by atoms with Gasteiger partial charge in [-0.15, -0.1) is 0 Å². The van der Waals surface area contributed by atoms with E-state index in [4.69, 9.17) is 33.2 Å². The number of hydrogen-bond acceptors (Lipinski definition) is 12. The predicted molar refractivity (Wildman–Crippen MR) is 297 cm³/mol. The molecule has 0 spiro atoms. The third-order valence-electron chi connectivity index (χ3n) is 23.6. The number of rotatable bonds is 14. The van der Waals surface area contributed by atoms with Crippen molar-refractivity contribution in [1.29, 1.82) is 0 Å². The number of carbonyl (C=O) groups excluding carboxylic acids is 2. The summed E-state index contributed by atoms with van der Waals surface area (Å²) in [7, 11) is 0. The van der Waals surface area contributed by atoms with Crippen LogP contribution in [0.1, 0.15) is 152 Å². The lowest BCUT2D eigenvalue weighted by atomic mass is 9.33. The Morgan fingerprint density at radius 1 is 0.692 bits per heavy atom. The van der Waals surface area contributed by atoms with Gasteiger partial charge in [0.15, 0.2) is 18.9 Å². The molecular formula is C66H96O12. The zero-order valence-corrected chi connectivity index (χ0v) is 49.1. The molecule has 24 atom stereocenters. The minimum Gasteiger partial charge on any atom is -0.392 e. The summed E-state index contributed by atoms with van der Waals surface area (Å²) in [5.74, 6) is 0.482. The number of fused-ring (bicyclic) bond motifs is 7. The first kappa shape index (κ1) is 58.3.